The van der Waals surface area contributed by atoms with Crippen molar-refractivity contribution in [1.29, 1.82) is 5.26 Å². The van der Waals surface area contributed by atoms with Gasteiger partial charge in [0.05, 0.1) is 12.2 Å². The zero-order valence-corrected chi connectivity index (χ0v) is 7.92. The summed E-state index contributed by atoms with van der Waals surface area (Å²) < 4.78 is 0. The van der Waals surface area contributed by atoms with Gasteiger partial charge in [0.2, 0.25) is 0 Å². The SMILES string of the molecule is CCCCCC[C@@H](O)CCC#N. The van der Waals surface area contributed by atoms with Crippen LogP contribution in [0.1, 0.15) is 51.9 Å². The van der Waals surface area contributed by atoms with Gasteiger partial charge in [-0.25, -0.2) is 0 Å². The highest BCUT2D eigenvalue weighted by molar-refractivity contribution is 4.71. The van der Waals surface area contributed by atoms with Gasteiger partial charge >= 0.3 is 0 Å². The van der Waals surface area contributed by atoms with Gasteiger partial charge in [-0.15, -0.1) is 0 Å². The molecule has 1 atom stereocenters. The summed E-state index contributed by atoms with van der Waals surface area (Å²) in [7, 11) is 0. The van der Waals surface area contributed by atoms with Crippen LogP contribution in [-0.2, 0) is 0 Å². The number of aliphatic hydroxyl groups excluding tert-OH is 1. The van der Waals surface area contributed by atoms with Crippen molar-refractivity contribution in [2.45, 2.75) is 58.0 Å². The highest BCUT2D eigenvalue weighted by Gasteiger charge is 2.02. The molecule has 0 fully saturated rings. The lowest BCUT2D eigenvalue weighted by atomic mass is 10.1. The molecule has 0 aliphatic rings. The van der Waals surface area contributed by atoms with E-state index < -0.39 is 0 Å². The van der Waals surface area contributed by atoms with E-state index in [1.165, 1.54) is 19.3 Å². The van der Waals surface area contributed by atoms with E-state index in [9.17, 15) is 5.11 Å². The molecule has 0 aromatic heterocycles. The van der Waals surface area contributed by atoms with Crippen molar-refractivity contribution in [1.82, 2.24) is 0 Å². The van der Waals surface area contributed by atoms with Crippen LogP contribution in [0.4, 0.5) is 0 Å². The minimum Gasteiger partial charge on any atom is -0.393 e. The van der Waals surface area contributed by atoms with Crippen LogP contribution in [-0.4, -0.2) is 11.2 Å². The molecule has 12 heavy (non-hydrogen) atoms. The lowest BCUT2D eigenvalue weighted by Crippen LogP contribution is -2.05. The van der Waals surface area contributed by atoms with Gasteiger partial charge in [0, 0.05) is 6.42 Å². The second kappa shape index (κ2) is 8.55. The van der Waals surface area contributed by atoms with E-state index in [0.29, 0.717) is 12.8 Å². The third-order valence-electron chi connectivity index (χ3n) is 1.98. The third kappa shape index (κ3) is 7.56. The van der Waals surface area contributed by atoms with Crippen LogP contribution in [0.15, 0.2) is 0 Å². The molecule has 0 aromatic rings. The summed E-state index contributed by atoms with van der Waals surface area (Å²) >= 11 is 0. The third-order valence-corrected chi connectivity index (χ3v) is 1.98. The minimum absolute atomic E-state index is 0.249. The molecule has 2 heteroatoms. The molecule has 0 heterocycles. The van der Waals surface area contributed by atoms with Gasteiger partial charge in [-0.2, -0.15) is 5.26 Å². The topological polar surface area (TPSA) is 44.0 Å². The largest absolute Gasteiger partial charge is 0.393 e. The summed E-state index contributed by atoms with van der Waals surface area (Å²) in [6.45, 7) is 2.17. The summed E-state index contributed by atoms with van der Waals surface area (Å²) in [5, 5.41) is 17.6. The Bertz CT molecular complexity index is 128. The van der Waals surface area contributed by atoms with Gasteiger partial charge in [-0.1, -0.05) is 32.6 Å². The molecule has 70 valence electrons. The first kappa shape index (κ1) is 11.4. The quantitative estimate of drug-likeness (QED) is 0.595. The highest BCUT2D eigenvalue weighted by atomic mass is 16.3. The first-order valence-electron chi connectivity index (χ1n) is 4.86. The molecule has 0 unspecified atom stereocenters. The fraction of sp³-hybridized carbons (Fsp3) is 0.900. The molecule has 2 nitrogen and oxygen atoms in total. The lowest BCUT2D eigenvalue weighted by molar-refractivity contribution is 0.152. The van der Waals surface area contributed by atoms with E-state index in [1.54, 1.807) is 0 Å². The normalized spacial score (nSPS) is 12.4. The maximum atomic E-state index is 9.33. The number of rotatable bonds is 7. The van der Waals surface area contributed by atoms with Gasteiger partial charge in [0.1, 0.15) is 0 Å². The fourth-order valence-electron chi connectivity index (χ4n) is 1.18. The Hall–Kier alpha value is -0.550. The van der Waals surface area contributed by atoms with Crippen molar-refractivity contribution in [2.24, 2.45) is 0 Å². The number of aliphatic hydroxyl groups is 1. The van der Waals surface area contributed by atoms with Crippen LogP contribution in [0.25, 0.3) is 0 Å². The summed E-state index contributed by atoms with van der Waals surface area (Å²) in [5.41, 5.74) is 0. The molecule has 0 amide bonds. The number of nitriles is 1. The van der Waals surface area contributed by atoms with Gasteiger partial charge in [0.25, 0.3) is 0 Å². The predicted octanol–water partition coefficient (Wildman–Crippen LogP) is 2.62. The zero-order valence-electron chi connectivity index (χ0n) is 7.92. The van der Waals surface area contributed by atoms with Gasteiger partial charge in [-0.3, -0.25) is 0 Å². The zero-order chi connectivity index (χ0) is 9.23. The maximum Gasteiger partial charge on any atom is 0.0622 e. The molecule has 0 aromatic carbocycles. The molecule has 0 spiro atoms. The minimum atomic E-state index is -0.249. The molecule has 0 aliphatic heterocycles. The molecule has 0 bridgehead atoms. The van der Waals surface area contributed by atoms with Crippen molar-refractivity contribution >= 4 is 0 Å². The van der Waals surface area contributed by atoms with Crippen LogP contribution >= 0.6 is 0 Å². The Kier molecular flexibility index (Phi) is 8.15. The number of hydrogen-bond acceptors (Lipinski definition) is 2. The van der Waals surface area contributed by atoms with Gasteiger partial charge in [0.15, 0.2) is 0 Å². The Morgan fingerprint density at radius 2 is 2.00 bits per heavy atom. The van der Waals surface area contributed by atoms with Crippen molar-refractivity contribution in [2.75, 3.05) is 0 Å². The fourth-order valence-corrected chi connectivity index (χ4v) is 1.18. The number of hydrogen-bond donors (Lipinski definition) is 1. The van der Waals surface area contributed by atoms with Crippen LogP contribution in [0, 0.1) is 11.3 Å². The van der Waals surface area contributed by atoms with E-state index in [0.717, 1.165) is 12.8 Å². The number of nitrogens with zero attached hydrogens (tertiary/aromatic N) is 1. The highest BCUT2D eigenvalue weighted by Crippen LogP contribution is 2.08. The molecule has 0 saturated heterocycles. The summed E-state index contributed by atoms with van der Waals surface area (Å²) in [4.78, 5) is 0. The van der Waals surface area contributed by atoms with E-state index in [2.05, 4.69) is 6.92 Å². The predicted molar refractivity (Wildman–Crippen MR) is 49.6 cm³/mol. The Morgan fingerprint density at radius 1 is 1.25 bits per heavy atom. The molecule has 0 rings (SSSR count). The summed E-state index contributed by atoms with van der Waals surface area (Å²) in [5.74, 6) is 0. The van der Waals surface area contributed by atoms with E-state index in [-0.39, 0.29) is 6.10 Å². The van der Waals surface area contributed by atoms with Crippen LogP contribution < -0.4 is 0 Å². The second-order valence-electron chi connectivity index (χ2n) is 3.20. The smallest absolute Gasteiger partial charge is 0.0622 e. The molecule has 0 aliphatic carbocycles. The standard InChI is InChI=1S/C10H19NO/c1-2-3-4-5-7-10(12)8-6-9-11/h10,12H,2-8H2,1H3/t10-/m1/s1. The van der Waals surface area contributed by atoms with Crippen molar-refractivity contribution in [3.63, 3.8) is 0 Å². The first-order valence-corrected chi connectivity index (χ1v) is 4.86. The van der Waals surface area contributed by atoms with Crippen molar-refractivity contribution in [3.05, 3.63) is 0 Å². The molecule has 1 N–H and O–H groups in total. The van der Waals surface area contributed by atoms with Crippen LogP contribution in [0.2, 0.25) is 0 Å². The molecular formula is C10H19NO. The average Bonchev–Trinajstić information content (AvgIpc) is 2.09. The summed E-state index contributed by atoms with van der Waals surface area (Å²) in [6.07, 6.45) is 6.53. The Labute approximate surface area is 75.2 Å². The van der Waals surface area contributed by atoms with Gasteiger partial charge < -0.3 is 5.11 Å². The van der Waals surface area contributed by atoms with Gasteiger partial charge in [-0.05, 0) is 12.8 Å². The lowest BCUT2D eigenvalue weighted by Gasteiger charge is -2.06. The molecular weight excluding hydrogens is 150 g/mol. The summed E-state index contributed by atoms with van der Waals surface area (Å²) in [6, 6.07) is 2.04. The molecule has 0 saturated carbocycles. The van der Waals surface area contributed by atoms with E-state index >= 15 is 0 Å². The van der Waals surface area contributed by atoms with E-state index in [4.69, 9.17) is 5.26 Å². The Morgan fingerprint density at radius 3 is 2.58 bits per heavy atom. The van der Waals surface area contributed by atoms with Crippen molar-refractivity contribution < 1.29 is 5.11 Å². The average molecular weight is 169 g/mol. The first-order chi connectivity index (χ1) is 5.81. The van der Waals surface area contributed by atoms with Crippen LogP contribution in [0.5, 0.6) is 0 Å². The second-order valence-corrected chi connectivity index (χ2v) is 3.20. The number of unbranched alkanes of at least 4 members (excludes halogenated alkanes) is 3. The monoisotopic (exact) mass is 169 g/mol. The molecule has 0 radical (unpaired) electrons. The van der Waals surface area contributed by atoms with Crippen molar-refractivity contribution in [3.8, 4) is 6.07 Å². The van der Waals surface area contributed by atoms with Crippen LogP contribution in [0.3, 0.4) is 0 Å². The van der Waals surface area contributed by atoms with E-state index in [1.807, 2.05) is 6.07 Å². The Balaban J connectivity index is 3.09. The maximum absolute atomic E-state index is 9.33.